The minimum atomic E-state index is 0.639. The van der Waals surface area contributed by atoms with Gasteiger partial charge in [0.05, 0.1) is 11.0 Å². The summed E-state index contributed by atoms with van der Waals surface area (Å²) in [4.78, 5) is 15.1. The van der Waals surface area contributed by atoms with Crippen LogP contribution in [0.2, 0.25) is 0 Å². The molecule has 0 aliphatic rings. The van der Waals surface area contributed by atoms with Crippen LogP contribution in [0.5, 0.6) is 0 Å². The van der Waals surface area contributed by atoms with Gasteiger partial charge < -0.3 is 4.57 Å². The lowest BCUT2D eigenvalue weighted by atomic mass is 10.0. The van der Waals surface area contributed by atoms with Gasteiger partial charge in [0.25, 0.3) is 0 Å². The summed E-state index contributed by atoms with van der Waals surface area (Å²) in [6, 6.07) is 68.8. The van der Waals surface area contributed by atoms with Crippen LogP contribution in [0, 0.1) is 0 Å². The van der Waals surface area contributed by atoms with Crippen molar-refractivity contribution in [3.8, 4) is 51.0 Å². The molecular formula is C51H32N4. The maximum absolute atomic E-state index is 5.06. The summed E-state index contributed by atoms with van der Waals surface area (Å²) in [5.74, 6) is 1.94. The molecule has 0 atom stereocenters. The monoisotopic (exact) mass is 700 g/mol. The van der Waals surface area contributed by atoms with Crippen molar-refractivity contribution in [3.63, 3.8) is 0 Å². The molecule has 0 aliphatic carbocycles. The maximum atomic E-state index is 5.06. The largest absolute Gasteiger partial charge is 0.309 e. The molecule has 11 rings (SSSR count). The molecule has 0 N–H and O–H groups in total. The molecule has 4 heteroatoms. The molecule has 2 aromatic heterocycles. The first-order chi connectivity index (χ1) is 27.2. The third-order valence-electron chi connectivity index (χ3n) is 10.8. The van der Waals surface area contributed by atoms with Crippen LogP contribution in [-0.2, 0) is 0 Å². The van der Waals surface area contributed by atoms with Gasteiger partial charge in [-0.3, -0.25) is 0 Å². The Bertz CT molecular complexity index is 3250. The summed E-state index contributed by atoms with van der Waals surface area (Å²) in [5.41, 5.74) is 8.57. The Kier molecular flexibility index (Phi) is 7.14. The van der Waals surface area contributed by atoms with E-state index < -0.39 is 0 Å². The predicted molar refractivity (Wildman–Crippen MR) is 228 cm³/mol. The van der Waals surface area contributed by atoms with Gasteiger partial charge in [-0.15, -0.1) is 0 Å². The Morgan fingerprint density at radius 2 is 0.836 bits per heavy atom. The van der Waals surface area contributed by atoms with Crippen molar-refractivity contribution in [3.05, 3.63) is 194 Å². The van der Waals surface area contributed by atoms with E-state index in [-0.39, 0.29) is 0 Å². The normalized spacial score (nSPS) is 11.6. The van der Waals surface area contributed by atoms with Gasteiger partial charge in [0.15, 0.2) is 17.5 Å². The standard InChI is InChI=1S/C51H32N4/c1-2-13-36(14-3-1)49-52-50(54-51(53-49)42-22-21-33-11-4-5-15-37(33)30-42)41-19-10-18-38(29-41)34-23-26-43(27-24-34)55-46-28-25-35-12-8-9-20-44(35)48(46)45-31-39-16-6-7-17-40(39)32-47(45)55/h1-32H. The smallest absolute Gasteiger partial charge is 0.164 e. The number of hydrogen-bond acceptors (Lipinski definition) is 3. The zero-order valence-corrected chi connectivity index (χ0v) is 29.8. The van der Waals surface area contributed by atoms with Gasteiger partial charge in [-0.05, 0) is 85.9 Å². The van der Waals surface area contributed by atoms with Crippen molar-refractivity contribution in [2.45, 2.75) is 0 Å². The van der Waals surface area contributed by atoms with Gasteiger partial charge in [0, 0.05) is 33.2 Å². The van der Waals surface area contributed by atoms with Crippen LogP contribution >= 0.6 is 0 Å². The number of nitrogens with zero attached hydrogens (tertiary/aromatic N) is 4. The first-order valence-electron chi connectivity index (χ1n) is 18.6. The Balaban J connectivity index is 1.02. The fourth-order valence-electron chi connectivity index (χ4n) is 8.07. The van der Waals surface area contributed by atoms with Crippen LogP contribution in [-0.4, -0.2) is 19.5 Å². The molecule has 0 fully saturated rings. The zero-order valence-electron chi connectivity index (χ0n) is 29.8. The second-order valence-electron chi connectivity index (χ2n) is 14.1. The minimum Gasteiger partial charge on any atom is -0.309 e. The molecule has 0 saturated carbocycles. The van der Waals surface area contributed by atoms with Crippen molar-refractivity contribution >= 4 is 54.1 Å². The van der Waals surface area contributed by atoms with Crippen LogP contribution < -0.4 is 0 Å². The van der Waals surface area contributed by atoms with E-state index in [2.05, 4.69) is 168 Å². The van der Waals surface area contributed by atoms with Crippen molar-refractivity contribution in [1.82, 2.24) is 19.5 Å². The van der Waals surface area contributed by atoms with Gasteiger partial charge >= 0.3 is 0 Å². The fraction of sp³-hybridized carbons (Fsp3) is 0. The highest BCUT2D eigenvalue weighted by molar-refractivity contribution is 6.23. The quantitative estimate of drug-likeness (QED) is 0.179. The number of hydrogen-bond donors (Lipinski definition) is 0. The Labute approximate surface area is 317 Å². The fourth-order valence-corrected chi connectivity index (χ4v) is 8.07. The summed E-state index contributed by atoms with van der Waals surface area (Å²) in [7, 11) is 0. The minimum absolute atomic E-state index is 0.639. The molecule has 0 saturated heterocycles. The van der Waals surface area contributed by atoms with Crippen LogP contribution in [0.25, 0.3) is 105 Å². The van der Waals surface area contributed by atoms with Gasteiger partial charge in [-0.25, -0.2) is 15.0 Å². The lowest BCUT2D eigenvalue weighted by molar-refractivity contribution is 1.07. The molecule has 9 aromatic carbocycles. The van der Waals surface area contributed by atoms with Crippen LogP contribution in [0.15, 0.2) is 194 Å². The predicted octanol–water partition coefficient (Wildman–Crippen LogP) is 13.1. The molecule has 0 amide bonds. The van der Waals surface area contributed by atoms with Crippen LogP contribution in [0.3, 0.4) is 0 Å². The SMILES string of the molecule is c1ccc(-c2nc(-c3cccc(-c4ccc(-n5c6cc7ccccc7cc6c6c7ccccc7ccc65)cc4)c3)nc(-c3ccc4ccccc4c3)n2)cc1. The van der Waals surface area contributed by atoms with Gasteiger partial charge in [-0.2, -0.15) is 0 Å². The summed E-state index contributed by atoms with van der Waals surface area (Å²) in [6.07, 6.45) is 0. The highest BCUT2D eigenvalue weighted by Gasteiger charge is 2.17. The van der Waals surface area contributed by atoms with E-state index in [1.807, 2.05) is 30.3 Å². The molecule has 0 aliphatic heterocycles. The van der Waals surface area contributed by atoms with Gasteiger partial charge in [-0.1, -0.05) is 152 Å². The topological polar surface area (TPSA) is 43.6 Å². The highest BCUT2D eigenvalue weighted by Crippen LogP contribution is 2.39. The first-order valence-corrected chi connectivity index (χ1v) is 18.6. The number of fused-ring (bicyclic) bond motifs is 7. The maximum Gasteiger partial charge on any atom is 0.164 e. The molecular weight excluding hydrogens is 669 g/mol. The summed E-state index contributed by atoms with van der Waals surface area (Å²) < 4.78 is 2.41. The van der Waals surface area contributed by atoms with Crippen molar-refractivity contribution in [2.24, 2.45) is 0 Å². The van der Waals surface area contributed by atoms with E-state index >= 15 is 0 Å². The molecule has 11 aromatic rings. The molecule has 0 radical (unpaired) electrons. The Hall–Kier alpha value is -7.43. The van der Waals surface area contributed by atoms with Gasteiger partial charge in [0.1, 0.15) is 0 Å². The number of aromatic nitrogens is 4. The summed E-state index contributed by atoms with van der Waals surface area (Å²) in [6.45, 7) is 0. The average molecular weight is 701 g/mol. The highest BCUT2D eigenvalue weighted by atomic mass is 15.0. The van der Waals surface area contributed by atoms with E-state index in [1.165, 1.54) is 48.7 Å². The first kappa shape index (κ1) is 31.1. The molecule has 55 heavy (non-hydrogen) atoms. The van der Waals surface area contributed by atoms with E-state index in [4.69, 9.17) is 15.0 Å². The van der Waals surface area contributed by atoms with Gasteiger partial charge in [0.2, 0.25) is 0 Å². The van der Waals surface area contributed by atoms with Crippen molar-refractivity contribution < 1.29 is 0 Å². The molecule has 0 spiro atoms. The number of rotatable bonds is 5. The zero-order chi connectivity index (χ0) is 36.3. The lowest BCUT2D eigenvalue weighted by Gasteiger charge is -2.12. The van der Waals surface area contributed by atoms with Crippen molar-refractivity contribution in [1.29, 1.82) is 0 Å². The van der Waals surface area contributed by atoms with Crippen molar-refractivity contribution in [2.75, 3.05) is 0 Å². The van der Waals surface area contributed by atoms with E-state index in [0.29, 0.717) is 17.5 Å². The molecule has 256 valence electrons. The molecule has 2 heterocycles. The molecule has 0 unspecified atom stereocenters. The third-order valence-corrected chi connectivity index (χ3v) is 10.8. The van der Waals surface area contributed by atoms with Crippen LogP contribution in [0.4, 0.5) is 0 Å². The van der Waals surface area contributed by atoms with E-state index in [9.17, 15) is 0 Å². The van der Waals surface area contributed by atoms with Crippen LogP contribution in [0.1, 0.15) is 0 Å². The second-order valence-corrected chi connectivity index (χ2v) is 14.1. The average Bonchev–Trinajstić information content (AvgIpc) is 3.59. The summed E-state index contributed by atoms with van der Waals surface area (Å²) >= 11 is 0. The summed E-state index contributed by atoms with van der Waals surface area (Å²) in [5, 5.41) is 9.87. The molecule has 0 bridgehead atoms. The van der Waals surface area contributed by atoms with E-state index in [1.54, 1.807) is 0 Å². The second kappa shape index (κ2) is 12.6. The molecule has 4 nitrogen and oxygen atoms in total. The van der Waals surface area contributed by atoms with E-state index in [0.717, 1.165) is 38.9 Å². The number of benzene rings is 9. The Morgan fingerprint density at radius 3 is 1.60 bits per heavy atom. The third kappa shape index (κ3) is 5.34. The Morgan fingerprint density at radius 1 is 0.291 bits per heavy atom. The lowest BCUT2D eigenvalue weighted by Crippen LogP contribution is -2.00.